The second kappa shape index (κ2) is 7.14. The first-order chi connectivity index (χ1) is 12.4. The van der Waals surface area contributed by atoms with E-state index in [4.69, 9.17) is 0 Å². The van der Waals surface area contributed by atoms with Crippen LogP contribution in [0.25, 0.3) is 5.70 Å². The Morgan fingerprint density at radius 3 is 1.96 bits per heavy atom. The van der Waals surface area contributed by atoms with Crippen LogP contribution < -0.4 is 16.0 Å². The average molecular weight is 327 g/mol. The second-order valence-corrected chi connectivity index (χ2v) is 6.07. The lowest BCUT2D eigenvalue weighted by atomic mass is 10.1. The zero-order valence-electron chi connectivity index (χ0n) is 14.0. The molecule has 0 radical (unpaired) electrons. The summed E-state index contributed by atoms with van der Waals surface area (Å²) in [6.07, 6.45) is 0.982. The van der Waals surface area contributed by atoms with Crippen LogP contribution in [0.1, 0.15) is 11.1 Å². The number of fused-ring (bicyclic) bond motifs is 1. The topological polar surface area (TPSA) is 36.1 Å². The molecule has 0 saturated heterocycles. The minimum atomic E-state index is 0.868. The van der Waals surface area contributed by atoms with Crippen molar-refractivity contribution in [2.24, 2.45) is 0 Å². The minimum absolute atomic E-state index is 0.868. The summed E-state index contributed by atoms with van der Waals surface area (Å²) in [4.78, 5) is 0. The lowest BCUT2D eigenvalue weighted by Crippen LogP contribution is -2.28. The van der Waals surface area contributed by atoms with Crippen molar-refractivity contribution in [3.05, 3.63) is 102 Å². The van der Waals surface area contributed by atoms with E-state index < -0.39 is 0 Å². The van der Waals surface area contributed by atoms with Gasteiger partial charge in [-0.15, -0.1) is 0 Å². The number of hydrogen-bond acceptors (Lipinski definition) is 3. The van der Waals surface area contributed by atoms with Gasteiger partial charge in [0.2, 0.25) is 0 Å². The number of anilines is 2. The molecule has 1 aliphatic heterocycles. The van der Waals surface area contributed by atoms with Gasteiger partial charge in [0.25, 0.3) is 0 Å². The van der Waals surface area contributed by atoms with Gasteiger partial charge >= 0.3 is 0 Å². The van der Waals surface area contributed by atoms with E-state index in [9.17, 15) is 0 Å². The van der Waals surface area contributed by atoms with Crippen LogP contribution in [-0.4, -0.2) is 6.54 Å². The maximum Gasteiger partial charge on any atom is 0.128 e. The molecular weight excluding hydrogens is 306 g/mol. The van der Waals surface area contributed by atoms with Gasteiger partial charge in [0.1, 0.15) is 5.82 Å². The van der Waals surface area contributed by atoms with Crippen molar-refractivity contribution in [1.29, 1.82) is 0 Å². The standard InChI is InChI=1S/C22H21N3/c1-3-9-17(10-4-1)15-16-23-22-21(18-11-5-2-6-12-18)24-19-13-7-8-14-20(19)25-22/h1-14,23-25H,15-16H2. The van der Waals surface area contributed by atoms with Gasteiger partial charge in [-0.25, -0.2) is 0 Å². The molecule has 0 bridgehead atoms. The summed E-state index contributed by atoms with van der Waals surface area (Å²) in [6, 6.07) is 29.2. The molecule has 0 unspecified atom stereocenters. The summed E-state index contributed by atoms with van der Waals surface area (Å²) >= 11 is 0. The third kappa shape index (κ3) is 3.50. The van der Waals surface area contributed by atoms with Crippen molar-refractivity contribution in [1.82, 2.24) is 5.32 Å². The lowest BCUT2D eigenvalue weighted by Gasteiger charge is -2.27. The van der Waals surface area contributed by atoms with Gasteiger partial charge in [-0.05, 0) is 24.1 Å². The first-order valence-electron chi connectivity index (χ1n) is 8.61. The van der Waals surface area contributed by atoms with Crippen LogP contribution >= 0.6 is 0 Å². The first-order valence-corrected chi connectivity index (χ1v) is 8.61. The Morgan fingerprint density at radius 1 is 0.640 bits per heavy atom. The van der Waals surface area contributed by atoms with Crippen LogP contribution in [0.5, 0.6) is 0 Å². The van der Waals surface area contributed by atoms with Crippen LogP contribution in [0.15, 0.2) is 90.8 Å². The highest BCUT2D eigenvalue weighted by atomic mass is 15.2. The number of benzene rings is 3. The summed E-state index contributed by atoms with van der Waals surface area (Å²) in [7, 11) is 0. The molecule has 124 valence electrons. The summed E-state index contributed by atoms with van der Waals surface area (Å²) in [5.41, 5.74) is 5.75. The first kappa shape index (κ1) is 15.3. The molecule has 3 nitrogen and oxygen atoms in total. The van der Waals surface area contributed by atoms with E-state index in [0.29, 0.717) is 0 Å². The number of rotatable bonds is 5. The predicted octanol–water partition coefficient (Wildman–Crippen LogP) is 4.68. The molecule has 0 amide bonds. The zero-order valence-corrected chi connectivity index (χ0v) is 14.0. The van der Waals surface area contributed by atoms with Gasteiger partial charge in [0.15, 0.2) is 0 Å². The van der Waals surface area contributed by atoms with Crippen molar-refractivity contribution in [3.8, 4) is 0 Å². The number of nitrogens with one attached hydrogen (secondary N) is 3. The average Bonchev–Trinajstić information content (AvgIpc) is 2.69. The van der Waals surface area contributed by atoms with Crippen LogP contribution in [0.2, 0.25) is 0 Å². The monoisotopic (exact) mass is 327 g/mol. The lowest BCUT2D eigenvalue weighted by molar-refractivity contribution is 0.792. The van der Waals surface area contributed by atoms with Crippen LogP contribution in [0.3, 0.4) is 0 Å². The molecule has 0 spiro atoms. The fourth-order valence-corrected chi connectivity index (χ4v) is 3.03. The van der Waals surface area contributed by atoms with Gasteiger partial charge in [0, 0.05) is 12.1 Å². The molecule has 3 N–H and O–H groups in total. The maximum absolute atomic E-state index is 3.57. The van der Waals surface area contributed by atoms with Gasteiger partial charge < -0.3 is 16.0 Å². The highest BCUT2D eigenvalue weighted by Crippen LogP contribution is 2.32. The minimum Gasteiger partial charge on any atom is -0.370 e. The molecule has 0 fully saturated rings. The Hall–Kier alpha value is -3.20. The largest absolute Gasteiger partial charge is 0.370 e. The van der Waals surface area contributed by atoms with Crippen molar-refractivity contribution in [2.45, 2.75) is 6.42 Å². The van der Waals surface area contributed by atoms with E-state index in [2.05, 4.69) is 82.7 Å². The molecule has 1 aliphatic rings. The smallest absolute Gasteiger partial charge is 0.128 e. The predicted molar refractivity (Wildman–Crippen MR) is 105 cm³/mol. The van der Waals surface area contributed by atoms with E-state index >= 15 is 0 Å². The molecule has 3 aromatic carbocycles. The molecule has 1 heterocycles. The molecular formula is C22H21N3. The quantitative estimate of drug-likeness (QED) is 0.636. The van der Waals surface area contributed by atoms with Gasteiger partial charge in [0.05, 0.1) is 17.1 Å². The molecule has 0 saturated carbocycles. The van der Waals surface area contributed by atoms with Crippen molar-refractivity contribution in [2.75, 3.05) is 17.2 Å². The summed E-state index contributed by atoms with van der Waals surface area (Å²) < 4.78 is 0. The molecule has 4 rings (SSSR count). The Labute approximate surface area is 148 Å². The molecule has 0 atom stereocenters. The van der Waals surface area contributed by atoms with E-state index in [0.717, 1.165) is 41.4 Å². The van der Waals surface area contributed by atoms with Crippen molar-refractivity contribution < 1.29 is 0 Å². The molecule has 25 heavy (non-hydrogen) atoms. The Morgan fingerprint density at radius 2 is 1.24 bits per heavy atom. The SMILES string of the molecule is c1ccc(CCNC2=C(c3ccccc3)Nc3ccccc3N2)cc1. The molecule has 0 aliphatic carbocycles. The fraction of sp³-hybridized carbons (Fsp3) is 0.0909. The van der Waals surface area contributed by atoms with Crippen molar-refractivity contribution >= 4 is 17.1 Å². The van der Waals surface area contributed by atoms with Crippen LogP contribution in [0, 0.1) is 0 Å². The molecule has 0 aromatic heterocycles. The highest BCUT2D eigenvalue weighted by molar-refractivity contribution is 5.90. The maximum atomic E-state index is 3.57. The summed E-state index contributed by atoms with van der Waals surface area (Å²) in [6.45, 7) is 0.868. The fourth-order valence-electron chi connectivity index (χ4n) is 3.03. The molecule has 3 heteroatoms. The second-order valence-electron chi connectivity index (χ2n) is 6.07. The van der Waals surface area contributed by atoms with E-state index in [1.165, 1.54) is 5.56 Å². The van der Waals surface area contributed by atoms with E-state index in [-0.39, 0.29) is 0 Å². The Balaban J connectivity index is 1.57. The number of hydrogen-bond donors (Lipinski definition) is 3. The Bertz CT molecular complexity index is 870. The van der Waals surface area contributed by atoms with Crippen LogP contribution in [-0.2, 0) is 6.42 Å². The summed E-state index contributed by atoms with van der Waals surface area (Å²) in [5, 5.41) is 10.7. The van der Waals surface area contributed by atoms with Gasteiger partial charge in [-0.2, -0.15) is 0 Å². The zero-order chi connectivity index (χ0) is 16.9. The number of para-hydroxylation sites is 2. The Kier molecular flexibility index (Phi) is 4.38. The van der Waals surface area contributed by atoms with Gasteiger partial charge in [-0.3, -0.25) is 0 Å². The molecule has 3 aromatic rings. The summed E-state index contributed by atoms with van der Waals surface area (Å²) in [5.74, 6) is 1.01. The van der Waals surface area contributed by atoms with Crippen LogP contribution in [0.4, 0.5) is 11.4 Å². The third-order valence-electron chi connectivity index (χ3n) is 4.32. The normalized spacial score (nSPS) is 12.8. The van der Waals surface area contributed by atoms with Crippen molar-refractivity contribution in [3.63, 3.8) is 0 Å². The van der Waals surface area contributed by atoms with E-state index in [1.54, 1.807) is 0 Å². The van der Waals surface area contributed by atoms with Gasteiger partial charge in [-0.1, -0.05) is 72.8 Å². The third-order valence-corrected chi connectivity index (χ3v) is 4.32. The van der Waals surface area contributed by atoms with E-state index in [1.807, 2.05) is 18.2 Å². The highest BCUT2D eigenvalue weighted by Gasteiger charge is 2.17.